The summed E-state index contributed by atoms with van der Waals surface area (Å²) in [5.74, 6) is 0.901. The summed E-state index contributed by atoms with van der Waals surface area (Å²) in [4.78, 5) is 0. The Kier molecular flexibility index (Phi) is 5.02. The summed E-state index contributed by atoms with van der Waals surface area (Å²) in [6, 6.07) is 8.25. The Labute approximate surface area is 127 Å². The lowest BCUT2D eigenvalue weighted by atomic mass is 10.1. The van der Waals surface area contributed by atoms with Gasteiger partial charge in [-0.1, -0.05) is 12.1 Å². The molecule has 1 heterocycles. The second kappa shape index (κ2) is 6.76. The molecule has 0 bridgehead atoms. The SMILES string of the molecule is Cc1cnn(CCOc2ccc(CNC(C)(C)C)cc2)c1. The maximum Gasteiger partial charge on any atom is 0.119 e. The standard InChI is InChI=1S/C17H25N3O/c1-14-11-19-20(13-14)9-10-21-16-7-5-15(6-8-16)12-18-17(2,3)4/h5-8,11,13,18H,9-10,12H2,1-4H3. The molecule has 0 aliphatic heterocycles. The van der Waals surface area contributed by atoms with Gasteiger partial charge in [0, 0.05) is 18.3 Å². The number of aromatic nitrogens is 2. The third-order valence-electron chi connectivity index (χ3n) is 3.10. The molecular weight excluding hydrogens is 262 g/mol. The number of benzene rings is 1. The minimum absolute atomic E-state index is 0.136. The van der Waals surface area contributed by atoms with Gasteiger partial charge in [0.2, 0.25) is 0 Å². The Morgan fingerprint density at radius 1 is 1.19 bits per heavy atom. The van der Waals surface area contributed by atoms with Gasteiger partial charge in [-0.3, -0.25) is 4.68 Å². The molecule has 0 unspecified atom stereocenters. The molecule has 4 heteroatoms. The molecule has 0 amide bonds. The molecule has 114 valence electrons. The summed E-state index contributed by atoms with van der Waals surface area (Å²) in [7, 11) is 0. The Morgan fingerprint density at radius 2 is 1.90 bits per heavy atom. The number of hydrogen-bond acceptors (Lipinski definition) is 3. The second-order valence-electron chi connectivity index (χ2n) is 6.38. The number of nitrogens with one attached hydrogen (secondary N) is 1. The van der Waals surface area contributed by atoms with E-state index in [1.807, 2.05) is 36.1 Å². The van der Waals surface area contributed by atoms with Crippen molar-refractivity contribution in [3.05, 3.63) is 47.8 Å². The predicted octanol–water partition coefficient (Wildman–Crippen LogP) is 3.16. The van der Waals surface area contributed by atoms with Gasteiger partial charge < -0.3 is 10.1 Å². The van der Waals surface area contributed by atoms with Gasteiger partial charge in [-0.05, 0) is 51.0 Å². The predicted molar refractivity (Wildman–Crippen MR) is 85.5 cm³/mol. The van der Waals surface area contributed by atoms with Crippen molar-refractivity contribution in [2.24, 2.45) is 0 Å². The zero-order chi connectivity index (χ0) is 15.3. The number of nitrogens with zero attached hydrogens (tertiary/aromatic N) is 2. The molecule has 2 aromatic rings. The van der Waals surface area contributed by atoms with E-state index >= 15 is 0 Å². The molecule has 2 rings (SSSR count). The van der Waals surface area contributed by atoms with E-state index in [1.54, 1.807) is 0 Å². The van der Waals surface area contributed by atoms with E-state index in [9.17, 15) is 0 Å². The smallest absolute Gasteiger partial charge is 0.119 e. The summed E-state index contributed by atoms with van der Waals surface area (Å²) in [5.41, 5.74) is 2.57. The molecule has 0 atom stereocenters. The van der Waals surface area contributed by atoms with Crippen molar-refractivity contribution in [1.82, 2.24) is 15.1 Å². The molecule has 21 heavy (non-hydrogen) atoms. The Hall–Kier alpha value is -1.81. The van der Waals surface area contributed by atoms with Gasteiger partial charge in [0.25, 0.3) is 0 Å². The summed E-state index contributed by atoms with van der Waals surface area (Å²) < 4.78 is 7.64. The molecule has 0 radical (unpaired) electrons. The van der Waals surface area contributed by atoms with Gasteiger partial charge in [0.1, 0.15) is 12.4 Å². The first-order valence-corrected chi connectivity index (χ1v) is 7.38. The van der Waals surface area contributed by atoms with Gasteiger partial charge >= 0.3 is 0 Å². The largest absolute Gasteiger partial charge is 0.492 e. The van der Waals surface area contributed by atoms with Crippen LogP contribution in [0.1, 0.15) is 31.9 Å². The zero-order valence-corrected chi connectivity index (χ0v) is 13.4. The van der Waals surface area contributed by atoms with Crippen LogP contribution in [0.5, 0.6) is 5.75 Å². The van der Waals surface area contributed by atoms with Crippen LogP contribution in [0.4, 0.5) is 0 Å². The first kappa shape index (κ1) is 15.6. The highest BCUT2D eigenvalue weighted by Crippen LogP contribution is 2.13. The second-order valence-corrected chi connectivity index (χ2v) is 6.38. The fourth-order valence-corrected chi connectivity index (χ4v) is 1.92. The van der Waals surface area contributed by atoms with Crippen LogP contribution in [0.3, 0.4) is 0 Å². The molecule has 0 aliphatic carbocycles. The zero-order valence-electron chi connectivity index (χ0n) is 13.4. The van der Waals surface area contributed by atoms with Crippen LogP contribution >= 0.6 is 0 Å². The van der Waals surface area contributed by atoms with Crippen LogP contribution in [-0.4, -0.2) is 21.9 Å². The van der Waals surface area contributed by atoms with E-state index < -0.39 is 0 Å². The van der Waals surface area contributed by atoms with Crippen molar-refractivity contribution >= 4 is 0 Å². The Bertz CT molecular complexity index is 552. The van der Waals surface area contributed by atoms with Crippen molar-refractivity contribution in [3.8, 4) is 5.75 Å². The summed E-state index contributed by atoms with van der Waals surface area (Å²) in [5, 5.41) is 7.71. The van der Waals surface area contributed by atoms with E-state index in [2.05, 4.69) is 43.3 Å². The highest BCUT2D eigenvalue weighted by Gasteiger charge is 2.08. The topological polar surface area (TPSA) is 39.1 Å². The van der Waals surface area contributed by atoms with Crippen LogP contribution in [0.2, 0.25) is 0 Å². The number of hydrogen-bond donors (Lipinski definition) is 1. The first-order chi connectivity index (χ1) is 9.92. The average molecular weight is 287 g/mol. The van der Waals surface area contributed by atoms with Gasteiger partial charge in [-0.25, -0.2) is 0 Å². The molecule has 0 saturated heterocycles. The number of aryl methyl sites for hydroxylation is 1. The minimum atomic E-state index is 0.136. The van der Waals surface area contributed by atoms with Crippen LogP contribution in [0, 0.1) is 6.92 Å². The molecule has 0 fully saturated rings. The molecule has 0 spiro atoms. The van der Waals surface area contributed by atoms with Crippen molar-refractivity contribution in [2.75, 3.05) is 6.61 Å². The van der Waals surface area contributed by atoms with E-state index in [-0.39, 0.29) is 5.54 Å². The quantitative estimate of drug-likeness (QED) is 0.887. The van der Waals surface area contributed by atoms with E-state index in [1.165, 1.54) is 11.1 Å². The molecule has 4 nitrogen and oxygen atoms in total. The van der Waals surface area contributed by atoms with Crippen molar-refractivity contribution in [3.63, 3.8) is 0 Å². The third-order valence-corrected chi connectivity index (χ3v) is 3.10. The lowest BCUT2D eigenvalue weighted by Crippen LogP contribution is -2.35. The average Bonchev–Trinajstić information content (AvgIpc) is 2.83. The molecule has 1 aromatic carbocycles. The van der Waals surface area contributed by atoms with Crippen molar-refractivity contribution in [2.45, 2.75) is 46.3 Å². The highest BCUT2D eigenvalue weighted by molar-refractivity contribution is 5.27. The lowest BCUT2D eigenvalue weighted by molar-refractivity contribution is 0.291. The Balaban J connectivity index is 1.77. The minimum Gasteiger partial charge on any atom is -0.492 e. The third kappa shape index (κ3) is 5.60. The lowest BCUT2D eigenvalue weighted by Gasteiger charge is -2.20. The van der Waals surface area contributed by atoms with Crippen molar-refractivity contribution < 1.29 is 4.74 Å². The summed E-state index contributed by atoms with van der Waals surface area (Å²) >= 11 is 0. The number of rotatable bonds is 6. The van der Waals surface area contributed by atoms with Gasteiger partial charge in [-0.15, -0.1) is 0 Å². The summed E-state index contributed by atoms with van der Waals surface area (Å²) in [6.45, 7) is 10.8. The van der Waals surface area contributed by atoms with Crippen LogP contribution in [0.25, 0.3) is 0 Å². The molecular formula is C17H25N3O. The van der Waals surface area contributed by atoms with Crippen LogP contribution < -0.4 is 10.1 Å². The normalized spacial score (nSPS) is 11.6. The first-order valence-electron chi connectivity index (χ1n) is 7.38. The highest BCUT2D eigenvalue weighted by atomic mass is 16.5. The fourth-order valence-electron chi connectivity index (χ4n) is 1.92. The molecule has 0 saturated carbocycles. The van der Waals surface area contributed by atoms with E-state index in [0.29, 0.717) is 6.61 Å². The van der Waals surface area contributed by atoms with Gasteiger partial charge in [0.05, 0.1) is 12.7 Å². The van der Waals surface area contributed by atoms with Gasteiger partial charge in [-0.2, -0.15) is 5.10 Å². The monoisotopic (exact) mass is 287 g/mol. The maximum atomic E-state index is 5.74. The molecule has 1 N–H and O–H groups in total. The molecule has 1 aromatic heterocycles. The fraction of sp³-hybridized carbons (Fsp3) is 0.471. The summed E-state index contributed by atoms with van der Waals surface area (Å²) in [6.07, 6.45) is 3.88. The van der Waals surface area contributed by atoms with Crippen molar-refractivity contribution in [1.29, 1.82) is 0 Å². The number of ether oxygens (including phenoxy) is 1. The van der Waals surface area contributed by atoms with Crippen LogP contribution in [-0.2, 0) is 13.1 Å². The van der Waals surface area contributed by atoms with E-state index in [0.717, 1.165) is 18.8 Å². The van der Waals surface area contributed by atoms with Crippen LogP contribution in [0.15, 0.2) is 36.7 Å². The van der Waals surface area contributed by atoms with E-state index in [4.69, 9.17) is 4.74 Å². The van der Waals surface area contributed by atoms with Gasteiger partial charge in [0.15, 0.2) is 0 Å². The Morgan fingerprint density at radius 3 is 2.48 bits per heavy atom. The maximum absolute atomic E-state index is 5.74. The molecule has 0 aliphatic rings.